The molecule has 1 saturated heterocycles. The van der Waals surface area contributed by atoms with Crippen molar-refractivity contribution in [1.29, 1.82) is 0 Å². The number of ether oxygens (including phenoxy) is 6. The van der Waals surface area contributed by atoms with Crippen LogP contribution in [0.25, 0.3) is 16.6 Å². The summed E-state index contributed by atoms with van der Waals surface area (Å²) in [4.78, 5) is 72.8. The normalized spacial score (nSPS) is 19.9. The fraction of sp³-hybridized carbons (Fsp3) is 0.622. The molecule has 2 unspecified atom stereocenters. The highest BCUT2D eigenvalue weighted by molar-refractivity contribution is 9.10. The fourth-order valence-corrected chi connectivity index (χ4v) is 6.60. The SMILES string of the molecule is CCc1ccc2c(-c3cncc(Br)c3)c(CCC(=O)N[C@@H]3O[C@H](COC(=O)C(C)(C)C)C(OC(=O)C(C)(C)C)C(OC(=O)C(C)(C)C)[C@H]3OC(=O)C(C)(C)C)c(COC)nn12. The van der Waals surface area contributed by atoms with Crippen LogP contribution in [0.5, 0.6) is 0 Å². The van der Waals surface area contributed by atoms with Crippen LogP contribution >= 0.6 is 15.9 Å². The van der Waals surface area contributed by atoms with Crippen molar-refractivity contribution in [2.45, 2.75) is 147 Å². The first kappa shape index (κ1) is 49.2. The van der Waals surface area contributed by atoms with Gasteiger partial charge in [-0.15, -0.1) is 0 Å². The number of methoxy groups -OCH3 is 1. The number of esters is 4. The maximum Gasteiger partial charge on any atom is 0.311 e. The van der Waals surface area contributed by atoms with Crippen molar-refractivity contribution >= 4 is 51.2 Å². The number of nitrogens with one attached hydrogen (secondary N) is 1. The molecule has 5 atom stereocenters. The van der Waals surface area contributed by atoms with Crippen LogP contribution in [-0.2, 0) is 71.8 Å². The lowest BCUT2D eigenvalue weighted by atomic mass is 9.92. The lowest BCUT2D eigenvalue weighted by Gasteiger charge is -2.46. The largest absolute Gasteiger partial charge is 0.462 e. The van der Waals surface area contributed by atoms with E-state index >= 15 is 0 Å². The highest BCUT2D eigenvalue weighted by Crippen LogP contribution is 2.36. The topological polar surface area (TPSA) is 183 Å². The van der Waals surface area contributed by atoms with Crippen molar-refractivity contribution in [3.63, 3.8) is 0 Å². The lowest BCUT2D eigenvalue weighted by molar-refractivity contribution is -0.264. The summed E-state index contributed by atoms with van der Waals surface area (Å²) >= 11 is 3.55. The summed E-state index contributed by atoms with van der Waals surface area (Å²) in [5.41, 5.74) is 0.753. The third-order valence-corrected chi connectivity index (χ3v) is 10.2. The first-order valence-corrected chi connectivity index (χ1v) is 21.3. The molecule has 0 saturated carbocycles. The summed E-state index contributed by atoms with van der Waals surface area (Å²) in [7, 11) is 1.57. The maximum atomic E-state index is 14.3. The second-order valence-corrected chi connectivity index (χ2v) is 20.4. The molecule has 0 aliphatic carbocycles. The number of carbonyl (C=O) groups excluding carboxylic acids is 5. The van der Waals surface area contributed by atoms with Crippen LogP contribution in [-0.4, -0.2) is 88.7 Å². The summed E-state index contributed by atoms with van der Waals surface area (Å²) < 4.78 is 38.7. The molecule has 16 heteroatoms. The van der Waals surface area contributed by atoms with E-state index < -0.39 is 88.7 Å². The van der Waals surface area contributed by atoms with E-state index in [1.54, 1.807) is 103 Å². The van der Waals surface area contributed by atoms with Gasteiger partial charge in [-0.3, -0.25) is 29.0 Å². The van der Waals surface area contributed by atoms with Gasteiger partial charge in [0.15, 0.2) is 24.5 Å². The Labute approximate surface area is 367 Å². The molecule has 3 aromatic rings. The number of halogens is 1. The van der Waals surface area contributed by atoms with Crippen LogP contribution in [0.1, 0.15) is 113 Å². The van der Waals surface area contributed by atoms with Gasteiger partial charge < -0.3 is 33.7 Å². The van der Waals surface area contributed by atoms with Crippen molar-refractivity contribution in [2.75, 3.05) is 13.7 Å². The third kappa shape index (κ3) is 12.4. The average molecular weight is 916 g/mol. The van der Waals surface area contributed by atoms with Crippen molar-refractivity contribution in [3.05, 3.63) is 52.0 Å². The van der Waals surface area contributed by atoms with E-state index in [2.05, 4.69) is 26.2 Å². The predicted molar refractivity (Wildman–Crippen MR) is 230 cm³/mol. The number of rotatable bonds is 13. The Morgan fingerprint density at radius 3 is 1.87 bits per heavy atom. The van der Waals surface area contributed by atoms with Gasteiger partial charge in [-0.05, 0) is 136 Å². The Hall–Kier alpha value is -4.41. The molecule has 61 heavy (non-hydrogen) atoms. The van der Waals surface area contributed by atoms with E-state index in [0.29, 0.717) is 5.69 Å². The Morgan fingerprint density at radius 1 is 0.787 bits per heavy atom. The number of fused-ring (bicyclic) bond motifs is 1. The van der Waals surface area contributed by atoms with E-state index in [1.807, 2.05) is 29.6 Å². The highest BCUT2D eigenvalue weighted by atomic mass is 79.9. The molecule has 1 aliphatic rings. The van der Waals surface area contributed by atoms with E-state index in [4.69, 9.17) is 33.5 Å². The maximum absolute atomic E-state index is 14.3. The Morgan fingerprint density at radius 2 is 1.34 bits per heavy atom. The van der Waals surface area contributed by atoms with E-state index in [-0.39, 0.29) is 19.4 Å². The van der Waals surface area contributed by atoms with Gasteiger partial charge in [-0.1, -0.05) is 6.92 Å². The molecule has 4 heterocycles. The molecular formula is C45H63BrN4O11. The molecule has 3 aromatic heterocycles. The zero-order valence-corrected chi connectivity index (χ0v) is 39.6. The minimum Gasteiger partial charge on any atom is -0.462 e. The molecule has 1 N–H and O–H groups in total. The monoisotopic (exact) mass is 914 g/mol. The Bertz CT molecular complexity index is 2090. The van der Waals surface area contributed by atoms with E-state index in [1.165, 1.54) is 0 Å². The molecule has 0 spiro atoms. The number of pyridine rings is 1. The number of hydrogen-bond acceptors (Lipinski definition) is 13. The minimum absolute atomic E-state index is 0.108. The molecule has 0 aromatic carbocycles. The number of amides is 1. The Balaban J connectivity index is 1.82. The van der Waals surface area contributed by atoms with Crippen molar-refractivity contribution in [3.8, 4) is 11.1 Å². The zero-order valence-electron chi connectivity index (χ0n) is 38.0. The number of carbonyl (C=O) groups is 5. The summed E-state index contributed by atoms with van der Waals surface area (Å²) in [6, 6.07) is 5.94. The summed E-state index contributed by atoms with van der Waals surface area (Å²) in [5.74, 6) is -3.20. The molecule has 1 aliphatic heterocycles. The first-order valence-electron chi connectivity index (χ1n) is 20.5. The van der Waals surface area contributed by atoms with E-state index in [0.717, 1.165) is 38.8 Å². The quantitative estimate of drug-likeness (QED) is 0.135. The number of aromatic nitrogens is 3. The van der Waals surface area contributed by atoms with Crippen LogP contribution in [0.3, 0.4) is 0 Å². The molecule has 336 valence electrons. The van der Waals surface area contributed by atoms with Crippen LogP contribution in [0.15, 0.2) is 35.1 Å². The standard InChI is InChI=1S/C45H63BrN4O11/c1-15-27-16-18-30-33(25-20-26(46)22-47-21-25)28(29(23-56-14)49-50(27)30)17-19-32(51)48-37-36(61-41(55)45(11,12)13)35(60-40(54)44(8,9)10)34(59-39(53)43(5,6)7)31(58-37)24-57-38(52)42(2,3)4/h16,18,20-22,31,34-37H,15,17,19,23-24H2,1-14H3,(H,48,51)/t31-,34?,35?,36-,37-/m1/s1. The predicted octanol–water partition coefficient (Wildman–Crippen LogP) is 7.10. The molecule has 15 nitrogen and oxygen atoms in total. The smallest absolute Gasteiger partial charge is 0.311 e. The summed E-state index contributed by atoms with van der Waals surface area (Å²) in [5, 5.41) is 7.82. The molecule has 0 radical (unpaired) electrons. The van der Waals surface area contributed by atoms with E-state index in [9.17, 15) is 24.0 Å². The minimum atomic E-state index is -1.52. The highest BCUT2D eigenvalue weighted by Gasteiger charge is 2.55. The van der Waals surface area contributed by atoms with Crippen LogP contribution < -0.4 is 5.32 Å². The second-order valence-electron chi connectivity index (χ2n) is 19.5. The van der Waals surface area contributed by atoms with Gasteiger partial charge in [0, 0.05) is 47.2 Å². The van der Waals surface area contributed by atoms with Gasteiger partial charge in [0.1, 0.15) is 12.7 Å². The van der Waals surface area contributed by atoms with Crippen molar-refractivity contribution in [2.24, 2.45) is 21.7 Å². The molecule has 1 fully saturated rings. The molecule has 1 amide bonds. The van der Waals surface area contributed by atoms with Gasteiger partial charge in [-0.25, -0.2) is 4.52 Å². The van der Waals surface area contributed by atoms with Gasteiger partial charge >= 0.3 is 23.9 Å². The van der Waals surface area contributed by atoms with Crippen molar-refractivity contribution in [1.82, 2.24) is 19.9 Å². The summed E-state index contributed by atoms with van der Waals surface area (Å²) in [6.45, 7) is 21.6. The Kier molecular flexibility index (Phi) is 15.6. The number of hydrogen-bond donors (Lipinski definition) is 1. The fourth-order valence-electron chi connectivity index (χ4n) is 6.23. The van der Waals surface area contributed by atoms with Gasteiger partial charge in [0.05, 0.1) is 39.5 Å². The second kappa shape index (κ2) is 19.3. The van der Waals surface area contributed by atoms with Crippen LogP contribution in [0.4, 0.5) is 0 Å². The first-order chi connectivity index (χ1) is 28.2. The zero-order chi connectivity index (χ0) is 45.8. The molecular weight excluding hydrogens is 852 g/mol. The van der Waals surface area contributed by atoms with Crippen molar-refractivity contribution < 1.29 is 52.4 Å². The number of nitrogens with zero attached hydrogens (tertiary/aromatic N) is 3. The molecule has 0 bridgehead atoms. The number of aryl methyl sites for hydroxylation is 1. The van der Waals surface area contributed by atoms with Gasteiger partial charge in [-0.2, -0.15) is 5.10 Å². The van der Waals surface area contributed by atoms with Gasteiger partial charge in [0.2, 0.25) is 5.91 Å². The summed E-state index contributed by atoms with van der Waals surface area (Å²) in [6.07, 6.45) is -3.00. The third-order valence-electron chi connectivity index (χ3n) is 9.79. The molecule has 4 rings (SSSR count). The lowest BCUT2D eigenvalue weighted by Crippen LogP contribution is -2.67. The van der Waals surface area contributed by atoms with Crippen LogP contribution in [0.2, 0.25) is 0 Å². The van der Waals surface area contributed by atoms with Crippen LogP contribution in [0, 0.1) is 21.7 Å². The average Bonchev–Trinajstić information content (AvgIpc) is 3.55. The van der Waals surface area contributed by atoms with Gasteiger partial charge in [0.25, 0.3) is 0 Å².